The highest BCUT2D eigenvalue weighted by atomic mass is 19.3. The van der Waals surface area contributed by atoms with E-state index in [2.05, 4.69) is 10.1 Å². The Morgan fingerprint density at radius 3 is 2.33 bits per heavy atom. The summed E-state index contributed by atoms with van der Waals surface area (Å²) in [5.74, 6) is -0.517. The molecule has 1 N–H and O–H groups in total. The molecule has 24 heavy (non-hydrogen) atoms. The van der Waals surface area contributed by atoms with Crippen molar-refractivity contribution in [1.29, 1.82) is 0 Å². The maximum Gasteiger partial charge on any atom is 0.387 e. The van der Waals surface area contributed by atoms with E-state index in [0.717, 1.165) is 5.56 Å². The van der Waals surface area contributed by atoms with Gasteiger partial charge in [-0.1, -0.05) is 12.1 Å². The molecule has 0 fully saturated rings. The van der Waals surface area contributed by atoms with E-state index in [9.17, 15) is 18.0 Å². The summed E-state index contributed by atoms with van der Waals surface area (Å²) in [6.07, 6.45) is 0. The number of hydrogen-bond donors (Lipinski definition) is 1. The van der Waals surface area contributed by atoms with Crippen molar-refractivity contribution in [3.8, 4) is 5.75 Å². The molecular formula is C17H17F3N2O2. The van der Waals surface area contributed by atoms with Crippen LogP contribution in [0.15, 0.2) is 48.5 Å². The number of hydrogen-bond acceptors (Lipinski definition) is 3. The van der Waals surface area contributed by atoms with Crippen LogP contribution in [0, 0.1) is 5.82 Å². The maximum absolute atomic E-state index is 12.8. The summed E-state index contributed by atoms with van der Waals surface area (Å²) in [5, 5.41) is 2.67. The summed E-state index contributed by atoms with van der Waals surface area (Å²) in [4.78, 5) is 13.7. The van der Waals surface area contributed by atoms with Crippen molar-refractivity contribution >= 4 is 11.6 Å². The Kier molecular flexibility index (Phi) is 6.20. The van der Waals surface area contributed by atoms with Crippen molar-refractivity contribution in [2.24, 2.45) is 0 Å². The Labute approximate surface area is 137 Å². The van der Waals surface area contributed by atoms with Crippen molar-refractivity contribution in [3.05, 3.63) is 59.9 Å². The smallest absolute Gasteiger partial charge is 0.387 e. The van der Waals surface area contributed by atoms with Gasteiger partial charge in [-0.2, -0.15) is 8.78 Å². The highest BCUT2D eigenvalue weighted by Crippen LogP contribution is 2.15. The summed E-state index contributed by atoms with van der Waals surface area (Å²) in [5.41, 5.74) is 1.37. The van der Waals surface area contributed by atoms with Crippen molar-refractivity contribution in [2.75, 3.05) is 18.9 Å². The molecule has 0 heterocycles. The molecule has 0 spiro atoms. The fourth-order valence-electron chi connectivity index (χ4n) is 2.12. The molecule has 0 unspecified atom stereocenters. The number of benzene rings is 2. The van der Waals surface area contributed by atoms with E-state index in [0.29, 0.717) is 12.2 Å². The number of anilines is 1. The van der Waals surface area contributed by atoms with Gasteiger partial charge in [-0.05, 0) is 49.0 Å². The monoisotopic (exact) mass is 338 g/mol. The Morgan fingerprint density at radius 2 is 1.75 bits per heavy atom. The summed E-state index contributed by atoms with van der Waals surface area (Å²) >= 11 is 0. The number of likely N-dealkylation sites (N-methyl/N-ethyl adjacent to an activating group) is 1. The van der Waals surface area contributed by atoms with Gasteiger partial charge in [0.05, 0.1) is 6.54 Å². The summed E-state index contributed by atoms with van der Waals surface area (Å²) in [6, 6.07) is 11.7. The number of ether oxygens (including phenoxy) is 1. The van der Waals surface area contributed by atoms with E-state index < -0.39 is 6.61 Å². The minimum absolute atomic E-state index is 0.0884. The zero-order valence-electron chi connectivity index (χ0n) is 13.0. The zero-order valence-corrected chi connectivity index (χ0v) is 13.0. The maximum atomic E-state index is 12.8. The topological polar surface area (TPSA) is 41.6 Å². The molecule has 0 aliphatic rings. The first-order chi connectivity index (χ1) is 11.4. The molecule has 0 atom stereocenters. The Balaban J connectivity index is 1.82. The lowest BCUT2D eigenvalue weighted by Gasteiger charge is -2.16. The van der Waals surface area contributed by atoms with E-state index in [1.165, 1.54) is 36.4 Å². The largest absolute Gasteiger partial charge is 0.435 e. The lowest BCUT2D eigenvalue weighted by Crippen LogP contribution is -2.29. The van der Waals surface area contributed by atoms with Gasteiger partial charge in [0.25, 0.3) is 0 Å². The molecule has 0 aliphatic heterocycles. The molecule has 0 aliphatic carbocycles. The average molecular weight is 338 g/mol. The molecule has 2 aromatic rings. The van der Waals surface area contributed by atoms with Crippen LogP contribution >= 0.6 is 0 Å². The number of nitrogens with zero attached hydrogens (tertiary/aromatic N) is 1. The van der Waals surface area contributed by atoms with Gasteiger partial charge in [0.2, 0.25) is 5.91 Å². The second-order valence-corrected chi connectivity index (χ2v) is 5.25. The molecule has 2 aromatic carbocycles. The van der Waals surface area contributed by atoms with Gasteiger partial charge < -0.3 is 10.1 Å². The summed E-state index contributed by atoms with van der Waals surface area (Å²) < 4.78 is 41.2. The molecule has 7 heteroatoms. The van der Waals surface area contributed by atoms with Crippen LogP contribution in [0.2, 0.25) is 0 Å². The third-order valence-electron chi connectivity index (χ3n) is 3.14. The van der Waals surface area contributed by atoms with Gasteiger partial charge in [0, 0.05) is 12.2 Å². The third kappa shape index (κ3) is 5.92. The molecule has 4 nitrogen and oxygen atoms in total. The molecule has 128 valence electrons. The van der Waals surface area contributed by atoms with Crippen LogP contribution in [-0.2, 0) is 11.3 Å². The SMILES string of the molecule is CN(CC(=O)Nc1ccc(F)cc1)Cc1ccc(OC(F)F)cc1. The van der Waals surface area contributed by atoms with Gasteiger partial charge in [-0.15, -0.1) is 0 Å². The van der Waals surface area contributed by atoms with E-state index in [1.807, 2.05) is 0 Å². The minimum atomic E-state index is -2.85. The molecule has 0 radical (unpaired) electrons. The summed E-state index contributed by atoms with van der Waals surface area (Å²) in [7, 11) is 1.76. The molecule has 1 amide bonds. The van der Waals surface area contributed by atoms with Crippen LogP contribution in [0.3, 0.4) is 0 Å². The van der Waals surface area contributed by atoms with Gasteiger partial charge in [-0.25, -0.2) is 4.39 Å². The normalized spacial score (nSPS) is 10.9. The number of carbonyl (C=O) groups is 1. The van der Waals surface area contributed by atoms with Crippen LogP contribution in [0.5, 0.6) is 5.75 Å². The standard InChI is InChI=1S/C17H17F3N2O2/c1-22(10-12-2-8-15(9-3-12)24-17(19)20)11-16(23)21-14-6-4-13(18)5-7-14/h2-9,17H,10-11H2,1H3,(H,21,23). The van der Waals surface area contributed by atoms with Gasteiger partial charge >= 0.3 is 6.61 Å². The van der Waals surface area contributed by atoms with Crippen molar-refractivity contribution in [3.63, 3.8) is 0 Å². The molecule has 0 saturated carbocycles. The van der Waals surface area contributed by atoms with E-state index in [4.69, 9.17) is 0 Å². The molecule has 0 saturated heterocycles. The predicted octanol–water partition coefficient (Wildman–Crippen LogP) is 3.50. The van der Waals surface area contributed by atoms with Crippen molar-refractivity contribution in [2.45, 2.75) is 13.2 Å². The number of halogens is 3. The van der Waals surface area contributed by atoms with Crippen LogP contribution in [-0.4, -0.2) is 31.0 Å². The van der Waals surface area contributed by atoms with Crippen LogP contribution in [0.25, 0.3) is 0 Å². The number of nitrogens with one attached hydrogen (secondary N) is 1. The first kappa shape index (κ1) is 17.8. The quantitative estimate of drug-likeness (QED) is 0.840. The van der Waals surface area contributed by atoms with Crippen molar-refractivity contribution in [1.82, 2.24) is 4.90 Å². The fraction of sp³-hybridized carbons (Fsp3) is 0.235. The third-order valence-corrected chi connectivity index (χ3v) is 3.14. The van der Waals surface area contributed by atoms with Crippen molar-refractivity contribution < 1.29 is 22.7 Å². The van der Waals surface area contributed by atoms with Gasteiger partial charge in [-0.3, -0.25) is 9.69 Å². The Hall–Kier alpha value is -2.54. The molecule has 0 aromatic heterocycles. The number of rotatable bonds is 7. The molecular weight excluding hydrogens is 321 g/mol. The number of carbonyl (C=O) groups excluding carboxylic acids is 1. The second-order valence-electron chi connectivity index (χ2n) is 5.25. The fourth-order valence-corrected chi connectivity index (χ4v) is 2.12. The zero-order chi connectivity index (χ0) is 17.5. The second kappa shape index (κ2) is 8.35. The van der Waals surface area contributed by atoms with Crippen LogP contribution < -0.4 is 10.1 Å². The van der Waals surface area contributed by atoms with Gasteiger partial charge in [0.1, 0.15) is 11.6 Å². The lowest BCUT2D eigenvalue weighted by molar-refractivity contribution is -0.117. The number of amides is 1. The van der Waals surface area contributed by atoms with Crippen LogP contribution in [0.4, 0.5) is 18.9 Å². The number of alkyl halides is 2. The lowest BCUT2D eigenvalue weighted by atomic mass is 10.2. The molecule has 0 bridgehead atoms. The highest BCUT2D eigenvalue weighted by Gasteiger charge is 2.09. The minimum Gasteiger partial charge on any atom is -0.435 e. The van der Waals surface area contributed by atoms with E-state index in [-0.39, 0.29) is 24.0 Å². The predicted molar refractivity (Wildman–Crippen MR) is 84.4 cm³/mol. The Morgan fingerprint density at radius 1 is 1.12 bits per heavy atom. The van der Waals surface area contributed by atoms with Gasteiger partial charge in [0.15, 0.2) is 0 Å². The van der Waals surface area contributed by atoms with Crippen LogP contribution in [0.1, 0.15) is 5.56 Å². The average Bonchev–Trinajstić information content (AvgIpc) is 2.51. The van der Waals surface area contributed by atoms with E-state index >= 15 is 0 Å². The van der Waals surface area contributed by atoms with E-state index in [1.54, 1.807) is 24.1 Å². The Bertz CT molecular complexity index is 661. The first-order valence-corrected chi connectivity index (χ1v) is 7.20. The highest BCUT2D eigenvalue weighted by molar-refractivity contribution is 5.92. The molecule has 2 rings (SSSR count). The summed E-state index contributed by atoms with van der Waals surface area (Å²) in [6.45, 7) is -2.26. The first-order valence-electron chi connectivity index (χ1n) is 7.20.